The Kier molecular flexibility index (Phi) is 7.61. The molecule has 0 amide bonds. The molecule has 0 spiro atoms. The Labute approximate surface area is 126 Å². The zero-order valence-electron chi connectivity index (χ0n) is 13.1. The average Bonchev–Trinajstić information content (AvgIpc) is 2.49. The molecule has 5 nitrogen and oxygen atoms in total. The average molecular weight is 295 g/mol. The molecule has 0 fully saturated rings. The van der Waals surface area contributed by atoms with Crippen LogP contribution in [-0.2, 0) is 0 Å². The Balaban J connectivity index is 2.73. The van der Waals surface area contributed by atoms with E-state index >= 15 is 0 Å². The van der Waals surface area contributed by atoms with E-state index in [1.807, 2.05) is 6.92 Å². The van der Waals surface area contributed by atoms with Gasteiger partial charge in [-0.3, -0.25) is 0 Å². The molecule has 21 heavy (non-hydrogen) atoms. The van der Waals surface area contributed by atoms with Gasteiger partial charge in [-0.2, -0.15) is 0 Å². The number of ether oxygens (including phenoxy) is 2. The zero-order valence-corrected chi connectivity index (χ0v) is 13.1. The summed E-state index contributed by atoms with van der Waals surface area (Å²) in [6, 6.07) is 4.85. The normalized spacial score (nSPS) is 10.7. The van der Waals surface area contributed by atoms with Crippen LogP contribution in [0.2, 0.25) is 0 Å². The molecule has 1 aromatic rings. The molecule has 0 bridgehead atoms. The summed E-state index contributed by atoms with van der Waals surface area (Å²) in [5.41, 5.74) is 0.165. The van der Waals surface area contributed by atoms with Crippen LogP contribution in [0, 0.1) is 0 Å². The van der Waals surface area contributed by atoms with E-state index in [1.165, 1.54) is 6.07 Å². The van der Waals surface area contributed by atoms with Crippen LogP contribution in [0.3, 0.4) is 0 Å². The van der Waals surface area contributed by atoms with Gasteiger partial charge in [-0.15, -0.1) is 0 Å². The van der Waals surface area contributed by atoms with Crippen LogP contribution in [-0.4, -0.2) is 48.8 Å². The molecule has 0 radical (unpaired) electrons. The van der Waals surface area contributed by atoms with Crippen molar-refractivity contribution in [2.75, 3.05) is 32.8 Å². The summed E-state index contributed by atoms with van der Waals surface area (Å²) in [6.07, 6.45) is 0.902. The van der Waals surface area contributed by atoms with Crippen LogP contribution in [0.4, 0.5) is 0 Å². The Hall–Kier alpha value is -1.75. The second kappa shape index (κ2) is 9.23. The third-order valence-corrected chi connectivity index (χ3v) is 3.22. The van der Waals surface area contributed by atoms with E-state index in [2.05, 4.69) is 18.7 Å². The summed E-state index contributed by atoms with van der Waals surface area (Å²) >= 11 is 0. The predicted molar refractivity (Wildman–Crippen MR) is 82.5 cm³/mol. The van der Waals surface area contributed by atoms with Crippen molar-refractivity contribution in [3.8, 4) is 11.5 Å². The van der Waals surface area contributed by atoms with Crippen LogP contribution in [0.25, 0.3) is 0 Å². The molecule has 0 unspecified atom stereocenters. The lowest BCUT2D eigenvalue weighted by molar-refractivity contribution is 0.0691. The van der Waals surface area contributed by atoms with Crippen molar-refractivity contribution in [3.63, 3.8) is 0 Å². The Bertz CT molecular complexity index is 444. The van der Waals surface area contributed by atoms with Crippen LogP contribution in [0.15, 0.2) is 18.2 Å². The first-order valence-electron chi connectivity index (χ1n) is 7.47. The molecular formula is C16H25NO4. The van der Waals surface area contributed by atoms with E-state index in [4.69, 9.17) is 9.47 Å². The number of hydrogen-bond acceptors (Lipinski definition) is 4. The molecule has 5 heteroatoms. The lowest BCUT2D eigenvalue weighted by Crippen LogP contribution is -2.28. The lowest BCUT2D eigenvalue weighted by Gasteiger charge is -2.18. The molecule has 0 saturated heterocycles. The minimum absolute atomic E-state index is 0.165. The topological polar surface area (TPSA) is 59.0 Å². The summed E-state index contributed by atoms with van der Waals surface area (Å²) in [5.74, 6) is 0.0119. The number of rotatable bonds is 10. The van der Waals surface area contributed by atoms with Gasteiger partial charge in [0, 0.05) is 12.6 Å². The molecule has 0 atom stereocenters. The van der Waals surface area contributed by atoms with Crippen molar-refractivity contribution in [1.82, 2.24) is 4.90 Å². The van der Waals surface area contributed by atoms with Gasteiger partial charge in [-0.1, -0.05) is 20.8 Å². The van der Waals surface area contributed by atoms with E-state index < -0.39 is 5.97 Å². The maximum absolute atomic E-state index is 11.2. The van der Waals surface area contributed by atoms with Gasteiger partial charge in [0.25, 0.3) is 0 Å². The van der Waals surface area contributed by atoms with Gasteiger partial charge in [0.2, 0.25) is 0 Å². The molecule has 0 aliphatic rings. The maximum Gasteiger partial charge on any atom is 0.339 e. The van der Waals surface area contributed by atoms with Gasteiger partial charge in [0.15, 0.2) is 0 Å². The third kappa shape index (κ3) is 5.63. The second-order valence-corrected chi connectivity index (χ2v) is 4.69. The molecular weight excluding hydrogens is 270 g/mol. The van der Waals surface area contributed by atoms with E-state index in [-0.39, 0.29) is 5.56 Å². The molecule has 1 N–H and O–H groups in total. The van der Waals surface area contributed by atoms with E-state index in [1.54, 1.807) is 12.1 Å². The van der Waals surface area contributed by atoms with Crippen molar-refractivity contribution in [2.45, 2.75) is 27.2 Å². The number of carbonyl (C=O) groups is 1. The summed E-state index contributed by atoms with van der Waals surface area (Å²) in [7, 11) is 0. The SMILES string of the molecule is CCCOc1ccc(C(=O)O)c(OCCN(CC)CC)c1. The lowest BCUT2D eigenvalue weighted by atomic mass is 10.2. The van der Waals surface area contributed by atoms with Crippen molar-refractivity contribution in [2.24, 2.45) is 0 Å². The van der Waals surface area contributed by atoms with Crippen LogP contribution >= 0.6 is 0 Å². The maximum atomic E-state index is 11.2. The van der Waals surface area contributed by atoms with Crippen LogP contribution < -0.4 is 9.47 Å². The fourth-order valence-corrected chi connectivity index (χ4v) is 1.93. The zero-order chi connectivity index (χ0) is 15.7. The Morgan fingerprint density at radius 1 is 1.14 bits per heavy atom. The highest BCUT2D eigenvalue weighted by Crippen LogP contribution is 2.25. The largest absolute Gasteiger partial charge is 0.493 e. The van der Waals surface area contributed by atoms with Crippen molar-refractivity contribution in [3.05, 3.63) is 23.8 Å². The van der Waals surface area contributed by atoms with Gasteiger partial charge < -0.3 is 19.5 Å². The van der Waals surface area contributed by atoms with Gasteiger partial charge in [-0.25, -0.2) is 4.79 Å². The molecule has 0 heterocycles. The monoisotopic (exact) mass is 295 g/mol. The van der Waals surface area contributed by atoms with Gasteiger partial charge >= 0.3 is 5.97 Å². The molecule has 0 aromatic heterocycles. The number of likely N-dealkylation sites (N-methyl/N-ethyl adjacent to an activating group) is 1. The Morgan fingerprint density at radius 2 is 1.86 bits per heavy atom. The quantitative estimate of drug-likeness (QED) is 0.719. The summed E-state index contributed by atoms with van der Waals surface area (Å²) in [5, 5.41) is 9.20. The summed E-state index contributed by atoms with van der Waals surface area (Å²) < 4.78 is 11.2. The molecule has 0 aliphatic heterocycles. The summed E-state index contributed by atoms with van der Waals surface area (Å²) in [4.78, 5) is 13.4. The number of carboxylic acid groups (broad SMARTS) is 1. The minimum Gasteiger partial charge on any atom is -0.493 e. The fourth-order valence-electron chi connectivity index (χ4n) is 1.93. The molecule has 0 saturated carbocycles. The highest BCUT2D eigenvalue weighted by atomic mass is 16.5. The third-order valence-electron chi connectivity index (χ3n) is 3.22. The van der Waals surface area contributed by atoms with Gasteiger partial charge in [0.05, 0.1) is 6.61 Å². The fraction of sp³-hybridized carbons (Fsp3) is 0.562. The smallest absolute Gasteiger partial charge is 0.339 e. The van der Waals surface area contributed by atoms with E-state index in [9.17, 15) is 9.90 Å². The number of nitrogens with zero attached hydrogens (tertiary/aromatic N) is 1. The number of aromatic carboxylic acids is 1. The first-order chi connectivity index (χ1) is 10.1. The Morgan fingerprint density at radius 3 is 2.43 bits per heavy atom. The number of benzene rings is 1. The van der Waals surface area contributed by atoms with Crippen molar-refractivity contribution >= 4 is 5.97 Å². The van der Waals surface area contributed by atoms with Crippen LogP contribution in [0.1, 0.15) is 37.6 Å². The number of hydrogen-bond donors (Lipinski definition) is 1. The van der Waals surface area contributed by atoms with Crippen molar-refractivity contribution in [1.29, 1.82) is 0 Å². The molecule has 1 aromatic carbocycles. The highest BCUT2D eigenvalue weighted by Gasteiger charge is 2.13. The molecule has 118 valence electrons. The minimum atomic E-state index is -0.991. The van der Waals surface area contributed by atoms with Gasteiger partial charge in [-0.05, 0) is 31.6 Å². The predicted octanol–water partition coefficient (Wildman–Crippen LogP) is 2.89. The standard InChI is InChI=1S/C16H25NO4/c1-4-10-20-13-7-8-14(16(18)19)15(12-13)21-11-9-17(5-2)6-3/h7-8,12H,4-6,9-11H2,1-3H3,(H,18,19). The van der Waals surface area contributed by atoms with E-state index in [0.717, 1.165) is 26.1 Å². The highest BCUT2D eigenvalue weighted by molar-refractivity contribution is 5.91. The van der Waals surface area contributed by atoms with Crippen molar-refractivity contribution < 1.29 is 19.4 Å². The first kappa shape index (κ1) is 17.3. The first-order valence-corrected chi connectivity index (χ1v) is 7.47. The van der Waals surface area contributed by atoms with Crippen LogP contribution in [0.5, 0.6) is 11.5 Å². The van der Waals surface area contributed by atoms with E-state index in [0.29, 0.717) is 24.7 Å². The summed E-state index contributed by atoms with van der Waals surface area (Å²) in [6.45, 7) is 9.93. The second-order valence-electron chi connectivity index (χ2n) is 4.69. The molecule has 1 rings (SSSR count). The van der Waals surface area contributed by atoms with Gasteiger partial charge in [0.1, 0.15) is 23.7 Å². The molecule has 0 aliphatic carbocycles. The number of carboxylic acids is 1.